The smallest absolute Gasteiger partial charge is 0.161 e. The second-order valence-electron chi connectivity index (χ2n) is 5.33. The van der Waals surface area contributed by atoms with Crippen LogP contribution in [0.2, 0.25) is 0 Å². The Kier molecular flexibility index (Phi) is 4.04. The Labute approximate surface area is 134 Å². The Hall–Kier alpha value is -2.79. The van der Waals surface area contributed by atoms with Crippen LogP contribution >= 0.6 is 0 Å². The number of hydrogen-bond acceptors (Lipinski definition) is 4. The zero-order valence-corrected chi connectivity index (χ0v) is 13.0. The van der Waals surface area contributed by atoms with Crippen LogP contribution in [0.1, 0.15) is 11.1 Å². The highest BCUT2D eigenvalue weighted by Gasteiger charge is 2.13. The summed E-state index contributed by atoms with van der Waals surface area (Å²) < 4.78 is 6.87. The number of benzene rings is 2. The molecule has 2 aromatic carbocycles. The predicted octanol–water partition coefficient (Wildman–Crippen LogP) is 3.05. The molecular weight excluding hydrogens is 292 g/mol. The average Bonchev–Trinajstić information content (AvgIpc) is 3.00. The number of nitrogens with zero attached hydrogens (tertiary/aromatic N) is 2. The lowest BCUT2D eigenvalue weighted by Gasteiger charge is -2.06. The molecule has 0 aliphatic carbocycles. The molecule has 3 rings (SSSR count). The van der Waals surface area contributed by atoms with Gasteiger partial charge in [0.15, 0.2) is 11.5 Å². The van der Waals surface area contributed by atoms with Crippen molar-refractivity contribution in [2.24, 2.45) is 0 Å². The summed E-state index contributed by atoms with van der Waals surface area (Å²) in [5.41, 5.74) is 4.23. The van der Waals surface area contributed by atoms with E-state index in [1.165, 1.54) is 12.7 Å². The maximum atomic E-state index is 9.72. The second kappa shape index (κ2) is 6.14. The number of methoxy groups -OCH3 is 1. The minimum atomic E-state index is -0.121. The Morgan fingerprint density at radius 2 is 1.87 bits per heavy atom. The molecule has 5 nitrogen and oxygen atoms in total. The van der Waals surface area contributed by atoms with Crippen LogP contribution in [-0.4, -0.2) is 27.1 Å². The van der Waals surface area contributed by atoms with Crippen LogP contribution in [-0.2, 0) is 6.61 Å². The van der Waals surface area contributed by atoms with Gasteiger partial charge in [-0.25, -0.2) is 4.68 Å². The van der Waals surface area contributed by atoms with E-state index in [1.54, 1.807) is 29.1 Å². The second-order valence-corrected chi connectivity index (χ2v) is 5.33. The molecule has 23 heavy (non-hydrogen) atoms. The molecule has 0 radical (unpaired) electrons. The van der Waals surface area contributed by atoms with Crippen molar-refractivity contribution >= 4 is 0 Å². The van der Waals surface area contributed by atoms with E-state index in [-0.39, 0.29) is 12.4 Å². The number of aryl methyl sites for hydroxylation is 1. The molecule has 2 N–H and O–H groups in total. The van der Waals surface area contributed by atoms with Crippen molar-refractivity contribution in [1.82, 2.24) is 9.78 Å². The summed E-state index contributed by atoms with van der Waals surface area (Å²) in [4.78, 5) is 0. The lowest BCUT2D eigenvalue weighted by atomic mass is 10.1. The third-order valence-electron chi connectivity index (χ3n) is 3.71. The quantitative estimate of drug-likeness (QED) is 0.777. The maximum Gasteiger partial charge on any atom is 0.161 e. The summed E-state index contributed by atoms with van der Waals surface area (Å²) >= 11 is 0. The minimum absolute atomic E-state index is 0.0692. The van der Waals surface area contributed by atoms with Crippen LogP contribution in [0.4, 0.5) is 0 Å². The van der Waals surface area contributed by atoms with Gasteiger partial charge in [0, 0.05) is 17.3 Å². The highest BCUT2D eigenvalue weighted by atomic mass is 16.5. The van der Waals surface area contributed by atoms with Gasteiger partial charge in [-0.15, -0.1) is 0 Å². The van der Waals surface area contributed by atoms with Gasteiger partial charge >= 0.3 is 0 Å². The standard InChI is InChI=1S/C18H18N2O3/c1-12-3-6-15(7-4-12)20-10-14(11-21)18(19-20)13-5-8-16(22)17(9-13)23-2/h3-10,21-22H,11H2,1-2H3. The molecule has 0 saturated carbocycles. The lowest BCUT2D eigenvalue weighted by Crippen LogP contribution is -1.94. The normalized spacial score (nSPS) is 10.7. The number of phenols is 1. The number of ether oxygens (including phenoxy) is 1. The van der Waals surface area contributed by atoms with Crippen molar-refractivity contribution in [3.63, 3.8) is 0 Å². The van der Waals surface area contributed by atoms with Gasteiger partial charge in [-0.2, -0.15) is 5.10 Å². The van der Waals surface area contributed by atoms with E-state index in [0.29, 0.717) is 17.0 Å². The summed E-state index contributed by atoms with van der Waals surface area (Å²) in [5, 5.41) is 23.9. The van der Waals surface area contributed by atoms with Crippen LogP contribution in [0.25, 0.3) is 16.9 Å². The molecule has 118 valence electrons. The van der Waals surface area contributed by atoms with E-state index < -0.39 is 0 Å². The molecule has 3 aromatic rings. The molecule has 0 fully saturated rings. The monoisotopic (exact) mass is 310 g/mol. The molecule has 0 aliphatic rings. The fourth-order valence-electron chi connectivity index (χ4n) is 2.42. The molecular formula is C18H18N2O3. The minimum Gasteiger partial charge on any atom is -0.504 e. The molecule has 1 aromatic heterocycles. The fraction of sp³-hybridized carbons (Fsp3) is 0.167. The molecule has 0 atom stereocenters. The van der Waals surface area contributed by atoms with E-state index in [0.717, 1.165) is 11.3 Å². The van der Waals surface area contributed by atoms with E-state index in [9.17, 15) is 10.2 Å². The third kappa shape index (κ3) is 2.91. The SMILES string of the molecule is COc1cc(-c2nn(-c3ccc(C)cc3)cc2CO)ccc1O. The number of aliphatic hydroxyl groups excluding tert-OH is 1. The summed E-state index contributed by atoms with van der Waals surface area (Å²) in [6.45, 7) is 1.91. The third-order valence-corrected chi connectivity index (χ3v) is 3.71. The molecule has 0 saturated heterocycles. The first-order valence-corrected chi connectivity index (χ1v) is 7.26. The maximum absolute atomic E-state index is 9.72. The zero-order chi connectivity index (χ0) is 16.4. The molecule has 0 bridgehead atoms. The van der Waals surface area contributed by atoms with E-state index >= 15 is 0 Å². The Bertz CT molecular complexity index is 823. The predicted molar refractivity (Wildman–Crippen MR) is 87.9 cm³/mol. The Morgan fingerprint density at radius 1 is 1.13 bits per heavy atom. The number of rotatable bonds is 4. The van der Waals surface area contributed by atoms with Crippen LogP contribution in [0, 0.1) is 6.92 Å². The van der Waals surface area contributed by atoms with Gasteiger partial charge in [0.25, 0.3) is 0 Å². The largest absolute Gasteiger partial charge is 0.504 e. The zero-order valence-electron chi connectivity index (χ0n) is 13.0. The Balaban J connectivity index is 2.07. The summed E-state index contributed by atoms with van der Waals surface area (Å²) in [6, 6.07) is 13.0. The number of hydrogen-bond donors (Lipinski definition) is 2. The number of aliphatic hydroxyl groups is 1. The van der Waals surface area contributed by atoms with E-state index in [2.05, 4.69) is 5.10 Å². The molecule has 5 heteroatoms. The van der Waals surface area contributed by atoms with Crippen molar-refractivity contribution in [3.8, 4) is 28.4 Å². The van der Waals surface area contributed by atoms with Gasteiger partial charge in [-0.05, 0) is 37.3 Å². The average molecular weight is 310 g/mol. The van der Waals surface area contributed by atoms with Gasteiger partial charge in [0.1, 0.15) is 0 Å². The number of aromatic nitrogens is 2. The topological polar surface area (TPSA) is 67.5 Å². The molecule has 0 spiro atoms. The van der Waals surface area contributed by atoms with Gasteiger partial charge in [-0.1, -0.05) is 17.7 Å². The first-order chi connectivity index (χ1) is 11.1. The van der Waals surface area contributed by atoms with Crippen molar-refractivity contribution in [3.05, 3.63) is 59.8 Å². The van der Waals surface area contributed by atoms with Crippen molar-refractivity contribution in [2.45, 2.75) is 13.5 Å². The van der Waals surface area contributed by atoms with Gasteiger partial charge in [0.2, 0.25) is 0 Å². The molecule has 0 amide bonds. The van der Waals surface area contributed by atoms with Crippen LogP contribution in [0.3, 0.4) is 0 Å². The number of aromatic hydroxyl groups is 1. The van der Waals surface area contributed by atoms with Crippen molar-refractivity contribution in [2.75, 3.05) is 7.11 Å². The first-order valence-electron chi connectivity index (χ1n) is 7.26. The van der Waals surface area contributed by atoms with Gasteiger partial charge in [-0.3, -0.25) is 0 Å². The molecule has 0 unspecified atom stereocenters. The lowest BCUT2D eigenvalue weighted by molar-refractivity contribution is 0.282. The van der Waals surface area contributed by atoms with Crippen molar-refractivity contribution in [1.29, 1.82) is 0 Å². The molecule has 0 aliphatic heterocycles. The highest BCUT2D eigenvalue weighted by molar-refractivity contribution is 5.66. The van der Waals surface area contributed by atoms with Crippen LogP contribution < -0.4 is 4.74 Å². The summed E-state index contributed by atoms with van der Waals surface area (Å²) in [6.07, 6.45) is 1.80. The first kappa shape index (κ1) is 15.1. The van der Waals surface area contributed by atoms with Crippen LogP contribution in [0.5, 0.6) is 11.5 Å². The van der Waals surface area contributed by atoms with Gasteiger partial charge < -0.3 is 14.9 Å². The fourth-order valence-corrected chi connectivity index (χ4v) is 2.42. The van der Waals surface area contributed by atoms with Crippen LogP contribution in [0.15, 0.2) is 48.7 Å². The highest BCUT2D eigenvalue weighted by Crippen LogP contribution is 2.32. The van der Waals surface area contributed by atoms with E-state index in [4.69, 9.17) is 4.74 Å². The Morgan fingerprint density at radius 3 is 2.52 bits per heavy atom. The molecule has 1 heterocycles. The summed E-state index contributed by atoms with van der Waals surface area (Å²) in [7, 11) is 1.50. The van der Waals surface area contributed by atoms with Gasteiger partial charge in [0.05, 0.1) is 25.1 Å². The van der Waals surface area contributed by atoms with E-state index in [1.807, 2.05) is 31.2 Å². The van der Waals surface area contributed by atoms with Crippen molar-refractivity contribution < 1.29 is 14.9 Å². The summed E-state index contributed by atoms with van der Waals surface area (Å²) in [5.74, 6) is 0.441. The number of phenolic OH excluding ortho intramolecular Hbond substituents is 1.